The number of aromatic nitrogens is 4. The summed E-state index contributed by atoms with van der Waals surface area (Å²) in [5.41, 5.74) is 9.99. The Hall–Kier alpha value is -3.38. The summed E-state index contributed by atoms with van der Waals surface area (Å²) >= 11 is 6.09. The topological polar surface area (TPSA) is 109 Å². The molecule has 1 aliphatic heterocycles. The number of halogens is 4. The smallest absolute Gasteiger partial charge is 0.397 e. The third-order valence-electron chi connectivity index (χ3n) is 6.20. The van der Waals surface area contributed by atoms with E-state index in [0.29, 0.717) is 24.0 Å². The van der Waals surface area contributed by atoms with Crippen LogP contribution in [0.15, 0.2) is 41.9 Å². The van der Waals surface area contributed by atoms with Crippen LogP contribution in [-0.2, 0) is 13.1 Å². The van der Waals surface area contributed by atoms with E-state index in [1.807, 2.05) is 12.3 Å². The Morgan fingerprint density at radius 2 is 2.03 bits per heavy atom. The molecule has 5 rings (SSSR count). The Morgan fingerprint density at radius 3 is 2.76 bits per heavy atom. The maximum Gasteiger partial charge on any atom is 0.408 e. The lowest BCUT2D eigenvalue weighted by atomic mass is 10.0. The van der Waals surface area contributed by atoms with Crippen LogP contribution >= 0.6 is 11.6 Å². The lowest BCUT2D eigenvalue weighted by molar-refractivity contribution is -0.142. The molecule has 0 atom stereocenters. The van der Waals surface area contributed by atoms with E-state index in [0.717, 1.165) is 72.4 Å². The highest BCUT2D eigenvalue weighted by Crippen LogP contribution is 2.43. The van der Waals surface area contributed by atoms with Crippen LogP contribution in [0.4, 0.5) is 30.5 Å². The van der Waals surface area contributed by atoms with Crippen LogP contribution in [-0.4, -0.2) is 62.8 Å². The molecule has 0 spiro atoms. The molecule has 3 aromatic rings. The van der Waals surface area contributed by atoms with E-state index in [-0.39, 0.29) is 10.8 Å². The predicted octanol–water partition coefficient (Wildman–Crippen LogP) is 3.94. The summed E-state index contributed by atoms with van der Waals surface area (Å²) in [5.74, 6) is 1.80. The number of alkyl halides is 3. The largest absolute Gasteiger partial charge is 0.408 e. The number of piperazine rings is 1. The van der Waals surface area contributed by atoms with E-state index in [1.54, 1.807) is 18.5 Å². The minimum Gasteiger partial charge on any atom is -0.397 e. The van der Waals surface area contributed by atoms with Crippen molar-refractivity contribution in [2.45, 2.75) is 38.0 Å². The standard InChI is InChI=1S/C24H27ClF3N9/c25-18-13-37(14-24(26,27)28)35-22(18)34-20-9-15(3-4-32-20)10-33-23(36-7-5-30-6-8-36)21-17(16-1-2-16)11-31-12-19(21)29/h3-4,9,11-13,16,30H,1-2,5-8,10,14,29H2,(H,32,34,35). The number of pyridine rings is 2. The number of amidine groups is 1. The van der Waals surface area contributed by atoms with Crippen molar-refractivity contribution >= 4 is 34.8 Å². The molecule has 0 radical (unpaired) electrons. The van der Waals surface area contributed by atoms with Gasteiger partial charge in [-0.25, -0.2) is 4.98 Å². The minimum absolute atomic E-state index is 0.0660. The summed E-state index contributed by atoms with van der Waals surface area (Å²) in [6.45, 7) is 2.46. The van der Waals surface area contributed by atoms with Crippen molar-refractivity contribution in [1.82, 2.24) is 30.0 Å². The van der Waals surface area contributed by atoms with Gasteiger partial charge in [0.2, 0.25) is 0 Å². The second kappa shape index (κ2) is 10.5. The number of anilines is 3. The zero-order valence-corrected chi connectivity index (χ0v) is 20.7. The molecule has 1 aliphatic carbocycles. The molecule has 37 heavy (non-hydrogen) atoms. The molecular formula is C24H27ClF3N9. The molecule has 13 heteroatoms. The number of hydrogen-bond donors (Lipinski definition) is 3. The van der Waals surface area contributed by atoms with Crippen LogP contribution in [0.5, 0.6) is 0 Å². The number of nitrogens with zero attached hydrogens (tertiary/aromatic N) is 6. The van der Waals surface area contributed by atoms with Gasteiger partial charge in [-0.3, -0.25) is 14.7 Å². The van der Waals surface area contributed by atoms with Crippen molar-refractivity contribution < 1.29 is 13.2 Å². The van der Waals surface area contributed by atoms with E-state index in [2.05, 4.69) is 30.6 Å². The van der Waals surface area contributed by atoms with Gasteiger partial charge in [0, 0.05) is 50.3 Å². The highest BCUT2D eigenvalue weighted by atomic mass is 35.5. The van der Waals surface area contributed by atoms with Gasteiger partial charge < -0.3 is 21.3 Å². The van der Waals surface area contributed by atoms with Gasteiger partial charge in [-0.1, -0.05) is 11.6 Å². The van der Waals surface area contributed by atoms with Crippen molar-refractivity contribution in [3.05, 3.63) is 58.6 Å². The molecule has 1 saturated heterocycles. The number of nitrogens with two attached hydrogens (primary N) is 1. The molecular weight excluding hydrogens is 507 g/mol. The van der Waals surface area contributed by atoms with E-state index < -0.39 is 12.7 Å². The zero-order chi connectivity index (χ0) is 26.0. The Kier molecular flexibility index (Phi) is 7.20. The highest BCUT2D eigenvalue weighted by Gasteiger charge is 2.31. The summed E-state index contributed by atoms with van der Waals surface area (Å²) < 4.78 is 38.8. The zero-order valence-electron chi connectivity index (χ0n) is 20.0. The molecule has 0 bridgehead atoms. The Morgan fingerprint density at radius 1 is 1.24 bits per heavy atom. The van der Waals surface area contributed by atoms with Crippen LogP contribution in [0, 0.1) is 0 Å². The monoisotopic (exact) mass is 533 g/mol. The minimum atomic E-state index is -4.40. The van der Waals surface area contributed by atoms with Gasteiger partial charge >= 0.3 is 6.18 Å². The number of nitrogens with one attached hydrogen (secondary N) is 2. The Balaban J connectivity index is 1.39. The number of hydrogen-bond acceptors (Lipinski definition) is 7. The quantitative estimate of drug-likeness (QED) is 0.312. The molecule has 4 N–H and O–H groups in total. The highest BCUT2D eigenvalue weighted by molar-refractivity contribution is 6.33. The number of aliphatic imine (C=N–C) groups is 1. The van der Waals surface area contributed by atoms with Gasteiger partial charge in [-0.15, -0.1) is 0 Å². The van der Waals surface area contributed by atoms with Crippen molar-refractivity contribution in [3.63, 3.8) is 0 Å². The fourth-order valence-electron chi connectivity index (χ4n) is 4.34. The SMILES string of the molecule is Nc1cncc(C2CC2)c1C(=NCc1ccnc(Nc2nn(CC(F)(F)F)cc2Cl)c1)N1CCNCC1. The predicted molar refractivity (Wildman–Crippen MR) is 136 cm³/mol. The van der Waals surface area contributed by atoms with Crippen molar-refractivity contribution in [2.75, 3.05) is 37.2 Å². The first kappa shape index (κ1) is 25.3. The normalized spacial score (nSPS) is 16.8. The van der Waals surface area contributed by atoms with E-state index >= 15 is 0 Å². The first-order chi connectivity index (χ1) is 17.8. The molecule has 0 amide bonds. The van der Waals surface area contributed by atoms with Crippen LogP contribution in [0.2, 0.25) is 5.02 Å². The van der Waals surface area contributed by atoms with Gasteiger partial charge in [-0.2, -0.15) is 18.3 Å². The summed E-state index contributed by atoms with van der Waals surface area (Å²) in [7, 11) is 0. The van der Waals surface area contributed by atoms with Crippen LogP contribution in [0.1, 0.15) is 35.4 Å². The maximum absolute atomic E-state index is 12.7. The van der Waals surface area contributed by atoms with Crippen molar-refractivity contribution in [2.24, 2.45) is 4.99 Å². The van der Waals surface area contributed by atoms with Crippen LogP contribution in [0.3, 0.4) is 0 Å². The van der Waals surface area contributed by atoms with Gasteiger partial charge in [0.15, 0.2) is 5.82 Å². The average Bonchev–Trinajstić information content (AvgIpc) is 3.65. The van der Waals surface area contributed by atoms with Gasteiger partial charge in [-0.05, 0) is 42.0 Å². The van der Waals surface area contributed by atoms with Crippen LogP contribution in [0.25, 0.3) is 0 Å². The second-order valence-electron chi connectivity index (χ2n) is 9.16. The van der Waals surface area contributed by atoms with Crippen LogP contribution < -0.4 is 16.4 Å². The summed E-state index contributed by atoms with van der Waals surface area (Å²) in [4.78, 5) is 15.8. The molecule has 3 aromatic heterocycles. The number of nitrogen functional groups attached to an aromatic ring is 1. The molecule has 2 fully saturated rings. The van der Waals surface area contributed by atoms with E-state index in [1.165, 1.54) is 0 Å². The Bertz CT molecular complexity index is 1280. The molecule has 196 valence electrons. The second-order valence-corrected chi connectivity index (χ2v) is 9.56. The van der Waals surface area contributed by atoms with Gasteiger partial charge in [0.1, 0.15) is 23.2 Å². The average molecular weight is 534 g/mol. The summed E-state index contributed by atoms with van der Waals surface area (Å²) in [6.07, 6.45) is 4.15. The van der Waals surface area contributed by atoms with Crippen molar-refractivity contribution in [1.29, 1.82) is 0 Å². The maximum atomic E-state index is 12.7. The molecule has 0 unspecified atom stereocenters. The third-order valence-corrected chi connectivity index (χ3v) is 6.48. The molecule has 4 heterocycles. The first-order valence-electron chi connectivity index (χ1n) is 12.0. The number of rotatable bonds is 7. The fraction of sp³-hybridized carbons (Fsp3) is 0.417. The first-order valence-corrected chi connectivity index (χ1v) is 12.4. The fourth-order valence-corrected chi connectivity index (χ4v) is 4.54. The van der Waals surface area contributed by atoms with E-state index in [4.69, 9.17) is 22.3 Å². The molecule has 2 aliphatic rings. The van der Waals surface area contributed by atoms with Gasteiger partial charge in [0.25, 0.3) is 0 Å². The third kappa shape index (κ3) is 6.31. The Labute approximate surface area is 216 Å². The lowest BCUT2D eigenvalue weighted by Gasteiger charge is -2.32. The summed E-state index contributed by atoms with van der Waals surface area (Å²) in [5, 5.41) is 10.2. The molecule has 0 aromatic carbocycles. The lowest BCUT2D eigenvalue weighted by Crippen LogP contribution is -2.47. The van der Waals surface area contributed by atoms with Gasteiger partial charge in [0.05, 0.1) is 18.4 Å². The molecule has 9 nitrogen and oxygen atoms in total. The van der Waals surface area contributed by atoms with E-state index in [9.17, 15) is 13.2 Å². The van der Waals surface area contributed by atoms with Crippen molar-refractivity contribution in [3.8, 4) is 0 Å². The summed E-state index contributed by atoms with van der Waals surface area (Å²) in [6, 6.07) is 3.61. The molecule has 1 saturated carbocycles.